The Morgan fingerprint density at radius 2 is 1.84 bits per heavy atom. The number of nitrogens with one attached hydrogen (secondary N) is 1. The number of hydrogen-bond donors (Lipinski definition) is 3. The first-order valence-corrected chi connectivity index (χ1v) is 13.8. The Balaban J connectivity index is 1.77. The monoisotopic (exact) mass is 605 g/mol. The normalized spacial score (nSPS) is 17.9. The van der Waals surface area contributed by atoms with Gasteiger partial charge in [-0.1, -0.05) is 6.92 Å². The van der Waals surface area contributed by atoms with E-state index >= 15 is 0 Å². The van der Waals surface area contributed by atoms with Crippen molar-refractivity contribution in [2.45, 2.75) is 44.0 Å². The number of Topliss-reactive ketones (excluding diaryl/α,β-unsaturated/α-hetero) is 1. The zero-order valence-electron chi connectivity index (χ0n) is 24.4. The van der Waals surface area contributed by atoms with Crippen LogP contribution in [0.1, 0.15) is 48.3 Å². The van der Waals surface area contributed by atoms with Crippen LogP contribution in [0, 0.1) is 5.82 Å². The van der Waals surface area contributed by atoms with E-state index in [0.29, 0.717) is 29.9 Å². The molecule has 0 spiro atoms. The van der Waals surface area contributed by atoms with Crippen molar-refractivity contribution in [1.29, 1.82) is 0 Å². The van der Waals surface area contributed by atoms with E-state index in [1.54, 1.807) is 7.05 Å². The molecule has 2 atom stereocenters. The van der Waals surface area contributed by atoms with Crippen molar-refractivity contribution < 1.29 is 42.0 Å². The lowest BCUT2D eigenvalue weighted by Crippen LogP contribution is -2.45. The predicted molar refractivity (Wildman–Crippen MR) is 153 cm³/mol. The molecule has 0 radical (unpaired) electrons. The van der Waals surface area contributed by atoms with Crippen molar-refractivity contribution in [2.24, 2.45) is 0 Å². The Hall–Kier alpha value is -3.74. The van der Waals surface area contributed by atoms with Crippen LogP contribution in [0.3, 0.4) is 0 Å². The molecule has 0 fully saturated rings. The fourth-order valence-corrected chi connectivity index (χ4v) is 5.52. The highest BCUT2D eigenvalue weighted by Crippen LogP contribution is 2.49. The molecule has 1 unspecified atom stereocenters. The molecular weight excluding hydrogens is 570 g/mol. The molecule has 1 aliphatic rings. The second-order valence-electron chi connectivity index (χ2n) is 10.7. The molecule has 8 nitrogen and oxygen atoms in total. The number of aliphatic hydroxyl groups is 2. The lowest BCUT2D eigenvalue weighted by molar-refractivity contribution is -0.270. The molecule has 2 aromatic carbocycles. The molecule has 4 rings (SSSR count). The number of aliphatic hydroxyl groups excluding tert-OH is 1. The van der Waals surface area contributed by atoms with Gasteiger partial charge in [0.2, 0.25) is 5.60 Å². The van der Waals surface area contributed by atoms with E-state index in [9.17, 15) is 27.5 Å². The number of hydrogen-bond acceptors (Lipinski definition) is 8. The van der Waals surface area contributed by atoms with Crippen molar-refractivity contribution >= 4 is 11.5 Å². The Morgan fingerprint density at radius 3 is 2.44 bits per heavy atom. The van der Waals surface area contributed by atoms with Gasteiger partial charge in [0, 0.05) is 36.7 Å². The molecule has 1 aromatic heterocycles. The number of methoxy groups -OCH3 is 1. The first-order chi connectivity index (χ1) is 20.3. The van der Waals surface area contributed by atoms with Crippen molar-refractivity contribution in [2.75, 3.05) is 45.4 Å². The third-order valence-electron chi connectivity index (χ3n) is 7.65. The second kappa shape index (κ2) is 12.5. The summed E-state index contributed by atoms with van der Waals surface area (Å²) in [6.07, 6.45) is -6.85. The summed E-state index contributed by atoms with van der Waals surface area (Å²) >= 11 is 0. The fourth-order valence-electron chi connectivity index (χ4n) is 5.52. The van der Waals surface area contributed by atoms with E-state index < -0.39 is 47.5 Å². The smallest absolute Gasteiger partial charge is 0.422 e. The number of halogens is 4. The van der Waals surface area contributed by atoms with Crippen molar-refractivity contribution in [3.63, 3.8) is 0 Å². The molecule has 3 aromatic rings. The summed E-state index contributed by atoms with van der Waals surface area (Å²) in [6, 6.07) is 10.6. The highest BCUT2D eigenvalue weighted by atomic mass is 19.4. The quantitative estimate of drug-likeness (QED) is 0.197. The zero-order valence-corrected chi connectivity index (χ0v) is 24.4. The van der Waals surface area contributed by atoms with E-state index in [1.165, 1.54) is 55.6 Å². The number of aromatic nitrogens is 1. The zero-order chi connectivity index (χ0) is 31.6. The van der Waals surface area contributed by atoms with Crippen LogP contribution in [-0.2, 0) is 11.1 Å². The molecule has 0 saturated heterocycles. The topological polar surface area (TPSA) is 104 Å². The number of carbonyl (C=O) groups excluding carboxylic acids is 1. The average molecular weight is 606 g/mol. The standard InChI is InChI=1S/C31H35F4N3O5/c1-5-36-29(2)18-38(3)28-22(29)17-26(37-27(28)19-6-9-21(32)10-7-19)30(41,31(33,34)35)13-12-23(40)20-8-11-24(43-15-14-39)25(16-20)42-4/h6-11,16-17,36,39,41H,5,12-15,18H2,1-4H3/t29-,30?/m1/s1. The first kappa shape index (κ1) is 32.2. The van der Waals surface area contributed by atoms with Crippen LogP contribution in [0.25, 0.3) is 11.3 Å². The number of ketones is 1. The molecule has 3 N–H and O–H groups in total. The summed E-state index contributed by atoms with van der Waals surface area (Å²) in [6.45, 7) is 4.41. The number of nitrogens with zero attached hydrogens (tertiary/aromatic N) is 2. The number of pyridine rings is 1. The Kier molecular flexibility index (Phi) is 9.33. The number of rotatable bonds is 12. The van der Waals surface area contributed by atoms with Crippen LogP contribution in [0.4, 0.5) is 23.2 Å². The number of alkyl halides is 3. The average Bonchev–Trinajstić information content (AvgIpc) is 3.23. The molecule has 0 saturated carbocycles. The van der Waals surface area contributed by atoms with E-state index in [2.05, 4.69) is 10.3 Å². The van der Waals surface area contributed by atoms with Gasteiger partial charge >= 0.3 is 6.18 Å². The van der Waals surface area contributed by atoms with Crippen LogP contribution in [0.5, 0.6) is 11.5 Å². The van der Waals surface area contributed by atoms with E-state index in [-0.39, 0.29) is 36.0 Å². The molecule has 0 aliphatic carbocycles. The van der Waals surface area contributed by atoms with Crippen molar-refractivity contribution in [3.05, 3.63) is 71.2 Å². The minimum absolute atomic E-state index is 0.0153. The first-order valence-electron chi connectivity index (χ1n) is 13.8. The molecule has 232 valence electrons. The molecule has 43 heavy (non-hydrogen) atoms. The van der Waals surface area contributed by atoms with Gasteiger partial charge in [-0.3, -0.25) is 4.79 Å². The van der Waals surface area contributed by atoms with Crippen molar-refractivity contribution in [3.8, 4) is 22.8 Å². The van der Waals surface area contributed by atoms with Crippen LogP contribution in [-0.4, -0.2) is 67.6 Å². The van der Waals surface area contributed by atoms with Gasteiger partial charge in [0.15, 0.2) is 17.3 Å². The second-order valence-corrected chi connectivity index (χ2v) is 10.7. The Morgan fingerprint density at radius 1 is 1.14 bits per heavy atom. The minimum atomic E-state index is -5.19. The van der Waals surface area contributed by atoms with Gasteiger partial charge in [0.25, 0.3) is 0 Å². The summed E-state index contributed by atoms with van der Waals surface area (Å²) in [5.74, 6) is -0.755. The SMILES string of the molecule is CCN[C@]1(C)CN(C)c2c1cc(C(O)(CCC(=O)c1ccc(OCCO)c(OC)c1)C(F)(F)F)nc2-c1ccc(F)cc1. The van der Waals surface area contributed by atoms with Gasteiger partial charge in [-0.2, -0.15) is 13.2 Å². The maximum absolute atomic E-state index is 14.8. The summed E-state index contributed by atoms with van der Waals surface area (Å²) in [4.78, 5) is 19.3. The molecule has 1 aliphatic heterocycles. The maximum Gasteiger partial charge on any atom is 0.422 e. The number of fused-ring (bicyclic) bond motifs is 1. The molecule has 0 amide bonds. The van der Waals surface area contributed by atoms with Gasteiger partial charge < -0.3 is 29.9 Å². The Labute approximate surface area is 247 Å². The molecule has 12 heteroatoms. The van der Waals surface area contributed by atoms with Crippen LogP contribution < -0.4 is 19.7 Å². The van der Waals surface area contributed by atoms with Crippen LogP contribution in [0.2, 0.25) is 0 Å². The van der Waals surface area contributed by atoms with Gasteiger partial charge in [-0.25, -0.2) is 9.37 Å². The number of ether oxygens (including phenoxy) is 2. The molecular formula is C31H35F4N3O5. The van der Waals surface area contributed by atoms with Crippen LogP contribution >= 0.6 is 0 Å². The lowest BCUT2D eigenvalue weighted by atomic mass is 9.86. The van der Waals surface area contributed by atoms with Gasteiger partial charge in [-0.05, 0) is 68.4 Å². The largest absolute Gasteiger partial charge is 0.493 e. The summed E-state index contributed by atoms with van der Waals surface area (Å²) in [7, 11) is 3.13. The third kappa shape index (κ3) is 6.31. The van der Waals surface area contributed by atoms with Crippen LogP contribution in [0.15, 0.2) is 48.5 Å². The van der Waals surface area contributed by atoms with Crippen molar-refractivity contribution in [1.82, 2.24) is 10.3 Å². The minimum Gasteiger partial charge on any atom is -0.493 e. The molecule has 0 bridgehead atoms. The number of benzene rings is 2. The lowest BCUT2D eigenvalue weighted by Gasteiger charge is -2.32. The van der Waals surface area contributed by atoms with E-state index in [4.69, 9.17) is 14.6 Å². The maximum atomic E-state index is 14.8. The summed E-state index contributed by atoms with van der Waals surface area (Å²) in [5.41, 5.74) is -3.24. The van der Waals surface area contributed by atoms with Gasteiger partial charge in [0.05, 0.1) is 36.3 Å². The summed E-state index contributed by atoms with van der Waals surface area (Å²) < 4.78 is 68.6. The van der Waals surface area contributed by atoms with Gasteiger partial charge in [0.1, 0.15) is 12.4 Å². The van der Waals surface area contributed by atoms with E-state index in [0.717, 1.165) is 0 Å². The van der Waals surface area contributed by atoms with Gasteiger partial charge in [-0.15, -0.1) is 0 Å². The molecule has 2 heterocycles. The predicted octanol–water partition coefficient (Wildman–Crippen LogP) is 4.95. The van der Waals surface area contributed by atoms with E-state index in [1.807, 2.05) is 18.7 Å². The highest BCUT2D eigenvalue weighted by molar-refractivity contribution is 5.96. The third-order valence-corrected chi connectivity index (χ3v) is 7.65. The highest BCUT2D eigenvalue weighted by Gasteiger charge is 2.57. The Bertz CT molecular complexity index is 1470. The number of likely N-dealkylation sites (N-methyl/N-ethyl adjacent to an activating group) is 2. The fraction of sp³-hybridized carbons (Fsp3) is 0.419. The number of anilines is 1. The summed E-state index contributed by atoms with van der Waals surface area (Å²) in [5, 5.41) is 23.7. The number of carbonyl (C=O) groups is 1.